The number of aromatic nitrogens is 2. The predicted octanol–water partition coefficient (Wildman–Crippen LogP) is 6.31. The molecule has 2 unspecified atom stereocenters. The van der Waals surface area contributed by atoms with E-state index in [1.54, 1.807) is 24.7 Å². The Kier molecular flexibility index (Phi) is 16.2. The molecule has 0 bridgehead atoms. The maximum Gasteiger partial charge on any atom is 0.316 e. The summed E-state index contributed by atoms with van der Waals surface area (Å²) in [5.41, 5.74) is 7.01. The van der Waals surface area contributed by atoms with Crippen LogP contribution in [-0.2, 0) is 49.6 Å². The molecule has 59 heavy (non-hydrogen) atoms. The molecule has 0 aliphatic carbocycles. The summed E-state index contributed by atoms with van der Waals surface area (Å²) < 4.78 is 21.5. The van der Waals surface area contributed by atoms with Gasteiger partial charge in [-0.1, -0.05) is 56.0 Å². The van der Waals surface area contributed by atoms with E-state index in [-0.39, 0.29) is 45.5 Å². The Hall–Kier alpha value is -6.50. The Morgan fingerprint density at radius 2 is 1.63 bits per heavy atom. The third-order valence-corrected chi connectivity index (χ3v) is 10.2. The number of carbonyl (C=O) groups is 4. The summed E-state index contributed by atoms with van der Waals surface area (Å²) in [6.07, 6.45) is 9.49. The van der Waals surface area contributed by atoms with Crippen LogP contribution in [0.2, 0.25) is 0 Å². The van der Waals surface area contributed by atoms with Gasteiger partial charge in [-0.15, -0.1) is 0 Å². The summed E-state index contributed by atoms with van der Waals surface area (Å²) in [7, 11) is 0. The fraction of sp³-hybridized carbons (Fsp3) is 0.348. The molecule has 2 aromatic heterocycles. The van der Waals surface area contributed by atoms with Gasteiger partial charge in [-0.05, 0) is 96.7 Å². The largest absolute Gasteiger partial charge is 0.493 e. The minimum absolute atomic E-state index is 0. The molecule has 0 saturated carbocycles. The number of nitrogens with one attached hydrogen (secondary N) is 2. The van der Waals surface area contributed by atoms with Gasteiger partial charge in [0.05, 0.1) is 18.7 Å². The third kappa shape index (κ3) is 11.8. The number of carboxylic acid groups (broad SMARTS) is 1. The Morgan fingerprint density at radius 1 is 0.864 bits per heavy atom. The Balaban J connectivity index is 0.000000221. The molecule has 4 heterocycles. The Morgan fingerprint density at radius 3 is 2.41 bits per heavy atom. The molecule has 0 fully saturated rings. The number of rotatable bonds is 18. The highest BCUT2D eigenvalue weighted by Gasteiger charge is 2.27. The van der Waals surface area contributed by atoms with Crippen molar-refractivity contribution in [1.29, 1.82) is 0 Å². The summed E-state index contributed by atoms with van der Waals surface area (Å²) >= 11 is 0. The number of carbonyl (C=O) groups excluding carboxylic acids is 3. The number of hydrogen-bond donors (Lipinski definition) is 3. The van der Waals surface area contributed by atoms with Crippen LogP contribution < -0.4 is 24.8 Å². The van der Waals surface area contributed by atoms with Gasteiger partial charge in [-0.3, -0.25) is 29.1 Å². The quantitative estimate of drug-likeness (QED) is 0.0514. The van der Waals surface area contributed by atoms with Crippen molar-refractivity contribution in [2.45, 2.75) is 65.2 Å². The van der Waals surface area contributed by atoms with Gasteiger partial charge in [-0.25, -0.2) is 0 Å². The predicted molar refractivity (Wildman–Crippen MR) is 223 cm³/mol. The van der Waals surface area contributed by atoms with E-state index in [2.05, 4.69) is 38.8 Å². The molecular weight excluding hydrogens is 753 g/mol. The lowest BCUT2D eigenvalue weighted by atomic mass is 9.93. The lowest BCUT2D eigenvalue weighted by Crippen LogP contribution is -2.37. The van der Waals surface area contributed by atoms with Crippen molar-refractivity contribution in [3.8, 4) is 17.2 Å². The lowest BCUT2D eigenvalue weighted by Gasteiger charge is -2.18. The van der Waals surface area contributed by atoms with Crippen LogP contribution in [0.5, 0.6) is 17.2 Å². The van der Waals surface area contributed by atoms with Crippen molar-refractivity contribution in [3.05, 3.63) is 125 Å². The number of nitrogens with zero attached hydrogens (tertiary/aromatic N) is 2. The van der Waals surface area contributed by atoms with Gasteiger partial charge in [0.15, 0.2) is 11.5 Å². The van der Waals surface area contributed by atoms with Crippen LogP contribution in [0, 0.1) is 12.8 Å². The van der Waals surface area contributed by atoms with Gasteiger partial charge in [0.2, 0.25) is 18.6 Å². The standard InChI is InChI=1S/C23H22N2O5.C22H26N2O4.CH4/c26-22(25-11-4-6-15-5-3-9-20-21(15)30-14-29-20)18(23(27)28)13-16-10-12-24-19-8-2-1-7-17(16)19;1-16-13-23-10-7-20(16)19(14-27-15-25)12-21(26)24-9-3-6-17-4-2-5-18-8-11-28-22(17)18;/h1-3,5,7-10,12,18H,4,6,11,13-14H2,(H,25,26)(H,27,28);2,4-5,7,10,13,15,19H,3,6,8-9,11-12,14H2,1H3,(H,24,26);1H4. The molecule has 2 aliphatic heterocycles. The normalized spacial score (nSPS) is 13.0. The number of aryl methyl sites for hydroxylation is 3. The molecule has 0 radical (unpaired) electrons. The van der Waals surface area contributed by atoms with Crippen LogP contribution in [-0.4, -0.2) is 72.4 Å². The molecule has 3 N–H and O–H groups in total. The first kappa shape index (κ1) is 43.6. The average molecular weight is 805 g/mol. The highest BCUT2D eigenvalue weighted by molar-refractivity contribution is 5.97. The number of para-hydroxylation sites is 3. The zero-order valence-corrected chi connectivity index (χ0v) is 32.5. The molecule has 3 aromatic carbocycles. The van der Waals surface area contributed by atoms with E-state index in [1.165, 1.54) is 11.1 Å². The number of ether oxygens (including phenoxy) is 4. The van der Waals surface area contributed by atoms with Crippen LogP contribution >= 0.6 is 0 Å². The highest BCUT2D eigenvalue weighted by atomic mass is 16.7. The molecule has 2 atom stereocenters. The zero-order valence-electron chi connectivity index (χ0n) is 32.5. The van der Waals surface area contributed by atoms with Crippen molar-refractivity contribution in [2.75, 3.05) is 33.1 Å². The van der Waals surface area contributed by atoms with E-state index in [0.717, 1.165) is 76.3 Å². The minimum atomic E-state index is -1.16. The van der Waals surface area contributed by atoms with Gasteiger partial charge >= 0.3 is 5.97 Å². The second-order valence-electron chi connectivity index (χ2n) is 14.1. The van der Waals surface area contributed by atoms with E-state index in [0.29, 0.717) is 32.4 Å². The number of amides is 2. The maximum atomic E-state index is 12.6. The molecule has 13 nitrogen and oxygen atoms in total. The summed E-state index contributed by atoms with van der Waals surface area (Å²) in [6.45, 7) is 4.48. The number of fused-ring (bicyclic) bond motifs is 3. The zero-order chi connectivity index (χ0) is 40.7. The van der Waals surface area contributed by atoms with E-state index in [4.69, 9.17) is 18.9 Å². The second-order valence-corrected chi connectivity index (χ2v) is 14.1. The fourth-order valence-corrected chi connectivity index (χ4v) is 7.29. The van der Waals surface area contributed by atoms with Crippen LogP contribution in [0.15, 0.2) is 91.4 Å². The number of benzene rings is 3. The van der Waals surface area contributed by atoms with Crippen LogP contribution in [0.3, 0.4) is 0 Å². The third-order valence-electron chi connectivity index (χ3n) is 10.2. The van der Waals surface area contributed by atoms with Crippen LogP contribution in [0.25, 0.3) is 10.9 Å². The summed E-state index contributed by atoms with van der Waals surface area (Å²) in [5, 5.41) is 16.2. The van der Waals surface area contributed by atoms with E-state index < -0.39 is 17.8 Å². The number of hydrogen-bond acceptors (Lipinski definition) is 10. The summed E-state index contributed by atoms with van der Waals surface area (Å²) in [5.74, 6) is -0.518. The Bertz CT molecular complexity index is 2210. The topological polar surface area (TPSA) is 175 Å². The molecule has 5 aromatic rings. The van der Waals surface area contributed by atoms with Crippen molar-refractivity contribution in [2.24, 2.45) is 5.92 Å². The van der Waals surface area contributed by atoms with E-state index in [9.17, 15) is 24.3 Å². The molecule has 0 saturated heterocycles. The summed E-state index contributed by atoms with van der Waals surface area (Å²) in [4.78, 5) is 55.7. The van der Waals surface area contributed by atoms with Crippen molar-refractivity contribution in [3.63, 3.8) is 0 Å². The Labute approximate surface area is 344 Å². The van der Waals surface area contributed by atoms with E-state index >= 15 is 0 Å². The first-order chi connectivity index (χ1) is 28.3. The molecule has 2 aliphatic rings. The molecular formula is C46H52N4O9. The average Bonchev–Trinajstić information content (AvgIpc) is 3.93. The second kappa shape index (κ2) is 21.9. The molecule has 2 amide bonds. The van der Waals surface area contributed by atoms with Crippen LogP contribution in [0.1, 0.15) is 66.0 Å². The van der Waals surface area contributed by atoms with Gasteiger partial charge < -0.3 is 34.7 Å². The molecule has 13 heteroatoms. The fourth-order valence-electron chi connectivity index (χ4n) is 7.29. The van der Waals surface area contributed by atoms with Gasteiger partial charge in [0, 0.05) is 55.8 Å². The SMILES string of the molecule is C.Cc1cnccc1C(COC=O)CC(=O)NCCCc1cccc2c1OCC2.O=C(O)C(Cc1ccnc2ccccc12)C(=O)NCCCc1cccc2c1OCO2. The first-order valence-electron chi connectivity index (χ1n) is 19.5. The van der Waals surface area contributed by atoms with E-state index in [1.807, 2.05) is 55.5 Å². The van der Waals surface area contributed by atoms with Crippen LogP contribution in [0.4, 0.5) is 0 Å². The lowest BCUT2D eigenvalue weighted by molar-refractivity contribution is -0.147. The monoisotopic (exact) mass is 804 g/mol. The highest BCUT2D eigenvalue weighted by Crippen LogP contribution is 2.36. The smallest absolute Gasteiger partial charge is 0.316 e. The summed E-state index contributed by atoms with van der Waals surface area (Å²) in [6, 6.07) is 23.1. The van der Waals surface area contributed by atoms with Gasteiger partial charge in [0.1, 0.15) is 11.7 Å². The van der Waals surface area contributed by atoms with Crippen molar-refractivity contribution < 1.29 is 43.2 Å². The molecule has 310 valence electrons. The number of pyridine rings is 2. The van der Waals surface area contributed by atoms with Crippen molar-refractivity contribution >= 4 is 35.2 Å². The molecule has 0 spiro atoms. The first-order valence-corrected chi connectivity index (χ1v) is 19.5. The van der Waals surface area contributed by atoms with Gasteiger partial charge in [0.25, 0.3) is 6.47 Å². The number of aliphatic carboxylic acids is 1. The maximum absolute atomic E-state index is 12.6. The minimum Gasteiger partial charge on any atom is -0.493 e. The van der Waals surface area contributed by atoms with Crippen molar-refractivity contribution in [1.82, 2.24) is 20.6 Å². The molecule has 7 rings (SSSR count). The number of carboxylic acids is 1. The van der Waals surface area contributed by atoms with Gasteiger partial charge in [-0.2, -0.15) is 0 Å².